The van der Waals surface area contributed by atoms with Crippen LogP contribution in [0.2, 0.25) is 0 Å². The van der Waals surface area contributed by atoms with Gasteiger partial charge in [0.2, 0.25) is 0 Å². The Morgan fingerprint density at radius 1 is 1.05 bits per heavy atom. The van der Waals surface area contributed by atoms with Crippen LogP contribution < -0.4 is 11.1 Å². The molecule has 0 aliphatic rings. The van der Waals surface area contributed by atoms with E-state index in [4.69, 9.17) is 5.73 Å². The first-order chi connectivity index (χ1) is 8.94. The Labute approximate surface area is 114 Å². The second kappa shape index (κ2) is 5.36. The SMILES string of the molecule is Cc1ccc(-c2ccc(NCC(C)(C)N)nn2)cc1. The molecule has 2 aromatic rings. The zero-order valence-corrected chi connectivity index (χ0v) is 11.6. The molecule has 3 N–H and O–H groups in total. The van der Waals surface area contributed by atoms with Crippen molar-refractivity contribution in [3.05, 3.63) is 42.0 Å². The van der Waals surface area contributed by atoms with Crippen molar-refractivity contribution in [2.45, 2.75) is 26.3 Å². The maximum absolute atomic E-state index is 5.91. The topological polar surface area (TPSA) is 63.8 Å². The summed E-state index contributed by atoms with van der Waals surface area (Å²) in [6.45, 7) is 6.66. The van der Waals surface area contributed by atoms with Crippen LogP contribution in [0.25, 0.3) is 11.3 Å². The molecular formula is C15H20N4. The zero-order chi connectivity index (χ0) is 13.9. The first kappa shape index (κ1) is 13.5. The number of anilines is 1. The van der Waals surface area contributed by atoms with Crippen molar-refractivity contribution in [3.63, 3.8) is 0 Å². The fourth-order valence-electron chi connectivity index (χ4n) is 1.62. The molecule has 0 spiro atoms. The van der Waals surface area contributed by atoms with Crippen LogP contribution in [0.4, 0.5) is 5.82 Å². The van der Waals surface area contributed by atoms with Gasteiger partial charge in [-0.05, 0) is 32.9 Å². The lowest BCUT2D eigenvalue weighted by molar-refractivity contribution is 0.548. The lowest BCUT2D eigenvalue weighted by Gasteiger charge is -2.18. The van der Waals surface area contributed by atoms with Gasteiger partial charge in [0.25, 0.3) is 0 Å². The third-order valence-electron chi connectivity index (χ3n) is 2.74. The van der Waals surface area contributed by atoms with Crippen molar-refractivity contribution in [2.24, 2.45) is 5.73 Å². The number of hydrogen-bond donors (Lipinski definition) is 2. The molecule has 19 heavy (non-hydrogen) atoms. The predicted molar refractivity (Wildman–Crippen MR) is 79.0 cm³/mol. The first-order valence-electron chi connectivity index (χ1n) is 6.38. The maximum atomic E-state index is 5.91. The van der Waals surface area contributed by atoms with Crippen LogP contribution in [0.5, 0.6) is 0 Å². The molecule has 0 saturated heterocycles. The van der Waals surface area contributed by atoms with Crippen molar-refractivity contribution in [2.75, 3.05) is 11.9 Å². The molecule has 100 valence electrons. The minimum Gasteiger partial charge on any atom is -0.367 e. The van der Waals surface area contributed by atoms with Crippen LogP contribution in [-0.2, 0) is 0 Å². The van der Waals surface area contributed by atoms with Crippen LogP contribution >= 0.6 is 0 Å². The summed E-state index contributed by atoms with van der Waals surface area (Å²) in [5, 5.41) is 11.6. The van der Waals surface area contributed by atoms with E-state index in [1.807, 2.05) is 26.0 Å². The number of nitrogens with zero attached hydrogens (tertiary/aromatic N) is 2. The third kappa shape index (κ3) is 4.03. The maximum Gasteiger partial charge on any atom is 0.148 e. The summed E-state index contributed by atoms with van der Waals surface area (Å²) in [4.78, 5) is 0. The summed E-state index contributed by atoms with van der Waals surface area (Å²) in [5.74, 6) is 0.745. The van der Waals surface area contributed by atoms with Gasteiger partial charge in [-0.15, -0.1) is 10.2 Å². The van der Waals surface area contributed by atoms with E-state index < -0.39 is 0 Å². The summed E-state index contributed by atoms with van der Waals surface area (Å²) in [5.41, 5.74) is 8.82. The normalized spacial score (nSPS) is 11.4. The van der Waals surface area contributed by atoms with Crippen molar-refractivity contribution < 1.29 is 0 Å². The van der Waals surface area contributed by atoms with E-state index in [-0.39, 0.29) is 5.54 Å². The molecule has 4 nitrogen and oxygen atoms in total. The van der Waals surface area contributed by atoms with Gasteiger partial charge in [-0.3, -0.25) is 0 Å². The average molecular weight is 256 g/mol. The summed E-state index contributed by atoms with van der Waals surface area (Å²) in [7, 11) is 0. The minimum absolute atomic E-state index is 0.267. The van der Waals surface area contributed by atoms with Gasteiger partial charge in [0.1, 0.15) is 5.82 Å². The molecule has 0 aliphatic heterocycles. The van der Waals surface area contributed by atoms with E-state index in [2.05, 4.69) is 46.7 Å². The first-order valence-corrected chi connectivity index (χ1v) is 6.38. The highest BCUT2D eigenvalue weighted by Crippen LogP contribution is 2.17. The van der Waals surface area contributed by atoms with Crippen LogP contribution in [0.1, 0.15) is 19.4 Å². The van der Waals surface area contributed by atoms with Crippen LogP contribution in [0, 0.1) is 6.92 Å². The molecule has 0 fully saturated rings. The fraction of sp³-hybridized carbons (Fsp3) is 0.333. The van der Waals surface area contributed by atoms with Gasteiger partial charge in [0.15, 0.2) is 0 Å². The number of hydrogen-bond acceptors (Lipinski definition) is 4. The Morgan fingerprint density at radius 3 is 2.26 bits per heavy atom. The second-order valence-corrected chi connectivity index (χ2v) is 5.51. The highest BCUT2D eigenvalue weighted by Gasteiger charge is 2.10. The van der Waals surface area contributed by atoms with Gasteiger partial charge < -0.3 is 11.1 Å². The van der Waals surface area contributed by atoms with Crippen molar-refractivity contribution in [1.29, 1.82) is 0 Å². The lowest BCUT2D eigenvalue weighted by atomic mass is 10.1. The highest BCUT2D eigenvalue weighted by molar-refractivity contribution is 5.59. The van der Waals surface area contributed by atoms with Gasteiger partial charge >= 0.3 is 0 Å². The van der Waals surface area contributed by atoms with E-state index in [0.29, 0.717) is 6.54 Å². The molecule has 0 unspecified atom stereocenters. The molecule has 2 rings (SSSR count). The van der Waals surface area contributed by atoms with Gasteiger partial charge in [0, 0.05) is 17.6 Å². The number of rotatable bonds is 4. The monoisotopic (exact) mass is 256 g/mol. The van der Waals surface area contributed by atoms with Gasteiger partial charge in [0.05, 0.1) is 5.69 Å². The quantitative estimate of drug-likeness (QED) is 0.882. The second-order valence-electron chi connectivity index (χ2n) is 5.51. The zero-order valence-electron chi connectivity index (χ0n) is 11.6. The summed E-state index contributed by atoms with van der Waals surface area (Å²) in [6.07, 6.45) is 0. The molecule has 0 amide bonds. The molecule has 1 heterocycles. The number of aryl methyl sites for hydroxylation is 1. The number of nitrogens with one attached hydrogen (secondary N) is 1. The third-order valence-corrected chi connectivity index (χ3v) is 2.74. The summed E-state index contributed by atoms with van der Waals surface area (Å²) >= 11 is 0. The Kier molecular flexibility index (Phi) is 3.81. The predicted octanol–water partition coefficient (Wildman–Crippen LogP) is 2.60. The van der Waals surface area contributed by atoms with Crippen LogP contribution in [0.15, 0.2) is 36.4 Å². The van der Waals surface area contributed by atoms with E-state index in [0.717, 1.165) is 17.1 Å². The number of nitrogens with two attached hydrogens (primary N) is 1. The van der Waals surface area contributed by atoms with Crippen LogP contribution in [0.3, 0.4) is 0 Å². The standard InChI is InChI=1S/C15H20N4/c1-11-4-6-12(7-5-11)13-8-9-14(19-18-13)17-10-15(2,3)16/h4-9H,10,16H2,1-3H3,(H,17,19). The fourth-order valence-corrected chi connectivity index (χ4v) is 1.62. The molecule has 0 saturated carbocycles. The Balaban J connectivity index is 2.08. The molecule has 0 aliphatic carbocycles. The molecule has 4 heteroatoms. The molecule has 0 bridgehead atoms. The molecular weight excluding hydrogens is 236 g/mol. The number of benzene rings is 1. The Morgan fingerprint density at radius 2 is 1.74 bits per heavy atom. The lowest BCUT2D eigenvalue weighted by Crippen LogP contribution is -2.39. The molecule has 1 aromatic carbocycles. The summed E-state index contributed by atoms with van der Waals surface area (Å²) in [6, 6.07) is 12.1. The van der Waals surface area contributed by atoms with Gasteiger partial charge in [-0.1, -0.05) is 29.8 Å². The van der Waals surface area contributed by atoms with E-state index in [1.165, 1.54) is 5.56 Å². The largest absolute Gasteiger partial charge is 0.367 e. The summed E-state index contributed by atoms with van der Waals surface area (Å²) < 4.78 is 0. The highest BCUT2D eigenvalue weighted by atomic mass is 15.2. The smallest absolute Gasteiger partial charge is 0.148 e. The van der Waals surface area contributed by atoms with Gasteiger partial charge in [-0.25, -0.2) is 0 Å². The Bertz CT molecular complexity index is 524. The Hall–Kier alpha value is -1.94. The molecule has 0 radical (unpaired) electrons. The van der Waals surface area contributed by atoms with Crippen molar-refractivity contribution >= 4 is 5.82 Å². The van der Waals surface area contributed by atoms with Crippen molar-refractivity contribution in [3.8, 4) is 11.3 Å². The van der Waals surface area contributed by atoms with E-state index in [9.17, 15) is 0 Å². The minimum atomic E-state index is -0.267. The molecule has 0 atom stereocenters. The number of aromatic nitrogens is 2. The van der Waals surface area contributed by atoms with Crippen molar-refractivity contribution in [1.82, 2.24) is 10.2 Å². The average Bonchev–Trinajstić information content (AvgIpc) is 2.37. The molecule has 1 aromatic heterocycles. The van der Waals surface area contributed by atoms with E-state index >= 15 is 0 Å². The van der Waals surface area contributed by atoms with Crippen LogP contribution in [-0.4, -0.2) is 22.3 Å². The van der Waals surface area contributed by atoms with E-state index in [1.54, 1.807) is 0 Å². The van der Waals surface area contributed by atoms with Gasteiger partial charge in [-0.2, -0.15) is 0 Å².